The first kappa shape index (κ1) is 18.0. The molecule has 7 heteroatoms. The SMILES string of the molecule is COc1ccc(CNC(=O)[C@@H]2CCCN(c3ccc(OC)nn3)C2)cc1. The molecule has 0 bridgehead atoms. The van der Waals surface area contributed by atoms with Crippen molar-refractivity contribution < 1.29 is 14.3 Å². The number of methoxy groups -OCH3 is 2. The highest BCUT2D eigenvalue weighted by Crippen LogP contribution is 2.22. The van der Waals surface area contributed by atoms with Gasteiger partial charge >= 0.3 is 0 Å². The highest BCUT2D eigenvalue weighted by atomic mass is 16.5. The number of hydrogen-bond donors (Lipinski definition) is 1. The van der Waals surface area contributed by atoms with Crippen molar-refractivity contribution in [3.05, 3.63) is 42.0 Å². The molecular weight excluding hydrogens is 332 g/mol. The molecule has 0 radical (unpaired) electrons. The Kier molecular flexibility index (Phi) is 5.88. The molecule has 0 aliphatic carbocycles. The van der Waals surface area contributed by atoms with Gasteiger partial charge in [0.2, 0.25) is 11.8 Å². The Bertz CT molecular complexity index is 719. The number of hydrogen-bond acceptors (Lipinski definition) is 6. The van der Waals surface area contributed by atoms with E-state index >= 15 is 0 Å². The summed E-state index contributed by atoms with van der Waals surface area (Å²) in [5.74, 6) is 2.10. The van der Waals surface area contributed by atoms with Gasteiger partial charge in [0.25, 0.3) is 0 Å². The normalized spacial score (nSPS) is 16.8. The first-order valence-electron chi connectivity index (χ1n) is 8.73. The van der Waals surface area contributed by atoms with Crippen molar-refractivity contribution in [1.29, 1.82) is 0 Å². The molecule has 1 aliphatic rings. The van der Waals surface area contributed by atoms with Crippen LogP contribution >= 0.6 is 0 Å². The summed E-state index contributed by atoms with van der Waals surface area (Å²) in [5, 5.41) is 11.2. The fraction of sp³-hybridized carbons (Fsp3) is 0.421. The third-order valence-corrected chi connectivity index (χ3v) is 4.58. The lowest BCUT2D eigenvalue weighted by Crippen LogP contribution is -2.43. The van der Waals surface area contributed by atoms with Crippen LogP contribution in [-0.2, 0) is 11.3 Å². The first-order chi connectivity index (χ1) is 12.7. The summed E-state index contributed by atoms with van der Waals surface area (Å²) in [6.07, 6.45) is 1.84. The predicted octanol–water partition coefficient (Wildman–Crippen LogP) is 2.03. The van der Waals surface area contributed by atoms with Crippen molar-refractivity contribution in [2.24, 2.45) is 5.92 Å². The Hall–Kier alpha value is -2.83. The lowest BCUT2D eigenvalue weighted by molar-refractivity contribution is -0.125. The Morgan fingerprint density at radius 2 is 1.96 bits per heavy atom. The van der Waals surface area contributed by atoms with E-state index in [1.807, 2.05) is 30.3 Å². The van der Waals surface area contributed by atoms with Gasteiger partial charge in [-0.05, 0) is 36.6 Å². The number of ether oxygens (including phenoxy) is 2. The topological polar surface area (TPSA) is 76.6 Å². The molecule has 2 aromatic rings. The van der Waals surface area contributed by atoms with E-state index in [4.69, 9.17) is 9.47 Å². The molecule has 2 heterocycles. The number of benzene rings is 1. The van der Waals surface area contributed by atoms with Gasteiger partial charge in [0, 0.05) is 25.7 Å². The number of aromatic nitrogens is 2. The number of amides is 1. The third kappa shape index (κ3) is 4.41. The lowest BCUT2D eigenvalue weighted by atomic mass is 9.97. The van der Waals surface area contributed by atoms with Gasteiger partial charge in [-0.2, -0.15) is 0 Å². The van der Waals surface area contributed by atoms with Crippen LogP contribution in [0.4, 0.5) is 5.82 Å². The highest BCUT2D eigenvalue weighted by Gasteiger charge is 2.26. The average Bonchev–Trinajstić information content (AvgIpc) is 2.72. The van der Waals surface area contributed by atoms with Gasteiger partial charge < -0.3 is 19.7 Å². The summed E-state index contributed by atoms with van der Waals surface area (Å²) in [6, 6.07) is 11.4. The van der Waals surface area contributed by atoms with Crippen LogP contribution in [-0.4, -0.2) is 43.4 Å². The van der Waals surface area contributed by atoms with Crippen LogP contribution in [0.5, 0.6) is 11.6 Å². The molecule has 26 heavy (non-hydrogen) atoms. The van der Waals surface area contributed by atoms with Crippen LogP contribution < -0.4 is 19.7 Å². The number of carbonyl (C=O) groups is 1. The molecular formula is C19H24N4O3. The molecule has 1 aliphatic heterocycles. The zero-order valence-electron chi connectivity index (χ0n) is 15.1. The van der Waals surface area contributed by atoms with Gasteiger partial charge in [-0.15, -0.1) is 10.2 Å². The first-order valence-corrected chi connectivity index (χ1v) is 8.73. The zero-order valence-corrected chi connectivity index (χ0v) is 15.1. The second-order valence-electron chi connectivity index (χ2n) is 6.28. The molecule has 1 fully saturated rings. The van der Waals surface area contributed by atoms with E-state index in [0.717, 1.165) is 36.5 Å². The Balaban J connectivity index is 1.54. The number of piperidine rings is 1. The van der Waals surface area contributed by atoms with Crippen LogP contribution in [0.1, 0.15) is 18.4 Å². The van der Waals surface area contributed by atoms with E-state index in [2.05, 4.69) is 20.4 Å². The van der Waals surface area contributed by atoms with Crippen molar-refractivity contribution >= 4 is 11.7 Å². The van der Waals surface area contributed by atoms with Crippen molar-refractivity contribution in [3.63, 3.8) is 0 Å². The standard InChI is InChI=1S/C19H24N4O3/c1-25-16-7-5-14(6-8-16)12-20-19(24)15-4-3-11-23(13-15)17-9-10-18(26-2)22-21-17/h5-10,15H,3-4,11-13H2,1-2H3,(H,20,24)/t15-/m1/s1. The van der Waals surface area contributed by atoms with E-state index in [1.54, 1.807) is 20.3 Å². The molecule has 7 nitrogen and oxygen atoms in total. The van der Waals surface area contributed by atoms with Crippen LogP contribution in [0.3, 0.4) is 0 Å². The maximum Gasteiger partial charge on any atom is 0.233 e. The van der Waals surface area contributed by atoms with Crippen molar-refractivity contribution in [2.75, 3.05) is 32.2 Å². The average molecular weight is 356 g/mol. The summed E-state index contributed by atoms with van der Waals surface area (Å²) >= 11 is 0. The second-order valence-corrected chi connectivity index (χ2v) is 6.28. The van der Waals surface area contributed by atoms with Crippen LogP contribution in [0.15, 0.2) is 36.4 Å². The largest absolute Gasteiger partial charge is 0.497 e. The molecule has 1 N–H and O–H groups in total. The number of nitrogens with one attached hydrogen (secondary N) is 1. The smallest absolute Gasteiger partial charge is 0.233 e. The fourth-order valence-corrected chi connectivity index (χ4v) is 3.07. The minimum atomic E-state index is -0.0501. The van der Waals surface area contributed by atoms with Gasteiger partial charge in [-0.25, -0.2) is 0 Å². The minimum absolute atomic E-state index is 0.0501. The lowest BCUT2D eigenvalue weighted by Gasteiger charge is -2.32. The second kappa shape index (κ2) is 8.51. The molecule has 138 valence electrons. The van der Waals surface area contributed by atoms with Crippen LogP contribution in [0, 0.1) is 5.92 Å². The van der Waals surface area contributed by atoms with Gasteiger partial charge in [0.15, 0.2) is 5.82 Å². The number of carbonyl (C=O) groups excluding carboxylic acids is 1. The molecule has 1 atom stereocenters. The van der Waals surface area contributed by atoms with Crippen molar-refractivity contribution in [2.45, 2.75) is 19.4 Å². The quantitative estimate of drug-likeness (QED) is 0.853. The Morgan fingerprint density at radius 3 is 2.62 bits per heavy atom. The van der Waals surface area contributed by atoms with E-state index in [-0.39, 0.29) is 11.8 Å². The van der Waals surface area contributed by atoms with Gasteiger partial charge in [-0.1, -0.05) is 12.1 Å². The summed E-state index contributed by atoms with van der Waals surface area (Å²) in [4.78, 5) is 14.7. The van der Waals surface area contributed by atoms with Crippen LogP contribution in [0.2, 0.25) is 0 Å². The fourth-order valence-electron chi connectivity index (χ4n) is 3.07. The molecule has 1 saturated heterocycles. The number of nitrogens with zero attached hydrogens (tertiary/aromatic N) is 3. The maximum atomic E-state index is 12.6. The molecule has 1 aromatic carbocycles. The summed E-state index contributed by atoms with van der Waals surface area (Å²) < 4.78 is 10.2. The van der Waals surface area contributed by atoms with Crippen molar-refractivity contribution in [3.8, 4) is 11.6 Å². The van der Waals surface area contributed by atoms with E-state index in [1.165, 1.54) is 0 Å². The molecule has 3 rings (SSSR count). The molecule has 0 spiro atoms. The van der Waals surface area contributed by atoms with Gasteiger partial charge in [0.1, 0.15) is 5.75 Å². The molecule has 1 amide bonds. The summed E-state index contributed by atoms with van der Waals surface area (Å²) in [5.41, 5.74) is 1.05. The predicted molar refractivity (Wildman–Crippen MR) is 98.4 cm³/mol. The molecule has 0 saturated carbocycles. The third-order valence-electron chi connectivity index (χ3n) is 4.58. The van der Waals surface area contributed by atoms with Crippen LogP contribution in [0.25, 0.3) is 0 Å². The maximum absolute atomic E-state index is 12.6. The minimum Gasteiger partial charge on any atom is -0.497 e. The van der Waals surface area contributed by atoms with E-state index in [9.17, 15) is 4.79 Å². The van der Waals surface area contributed by atoms with E-state index < -0.39 is 0 Å². The van der Waals surface area contributed by atoms with Crippen molar-refractivity contribution in [1.82, 2.24) is 15.5 Å². The van der Waals surface area contributed by atoms with Gasteiger partial charge in [-0.3, -0.25) is 4.79 Å². The summed E-state index contributed by atoms with van der Waals surface area (Å²) in [7, 11) is 3.20. The number of rotatable bonds is 6. The summed E-state index contributed by atoms with van der Waals surface area (Å²) in [6.45, 7) is 2.04. The van der Waals surface area contributed by atoms with E-state index in [0.29, 0.717) is 19.0 Å². The zero-order chi connectivity index (χ0) is 18.4. The highest BCUT2D eigenvalue weighted by molar-refractivity contribution is 5.79. The number of anilines is 1. The Morgan fingerprint density at radius 1 is 1.15 bits per heavy atom. The molecule has 1 aromatic heterocycles. The Labute approximate surface area is 153 Å². The van der Waals surface area contributed by atoms with Gasteiger partial charge in [0.05, 0.1) is 20.1 Å². The molecule has 0 unspecified atom stereocenters. The monoisotopic (exact) mass is 356 g/mol.